The van der Waals surface area contributed by atoms with Crippen LogP contribution in [0, 0.1) is 0 Å². The van der Waals surface area contributed by atoms with Crippen LogP contribution >= 0.6 is 0 Å². The lowest BCUT2D eigenvalue weighted by molar-refractivity contribution is 0.0965. The number of hydrogen-bond donors (Lipinski definition) is 2. The van der Waals surface area contributed by atoms with Crippen molar-refractivity contribution in [1.29, 1.82) is 0 Å². The van der Waals surface area contributed by atoms with Gasteiger partial charge in [0.25, 0.3) is 5.91 Å². The number of benzene rings is 2. The van der Waals surface area contributed by atoms with Crippen molar-refractivity contribution in [2.24, 2.45) is 7.05 Å². The Morgan fingerprint density at radius 1 is 1.18 bits per heavy atom. The predicted molar refractivity (Wildman–Crippen MR) is 107 cm³/mol. The molecule has 1 aliphatic carbocycles. The van der Waals surface area contributed by atoms with Gasteiger partial charge in [-0.1, -0.05) is 0 Å². The summed E-state index contributed by atoms with van der Waals surface area (Å²) in [5, 5.41) is 9.68. The highest BCUT2D eigenvalue weighted by atomic mass is 16.2. The summed E-state index contributed by atoms with van der Waals surface area (Å²) in [6.45, 7) is 2.09. The zero-order valence-electron chi connectivity index (χ0n) is 15.6. The molecule has 6 nitrogen and oxygen atoms in total. The van der Waals surface area contributed by atoms with Crippen LogP contribution in [0.1, 0.15) is 44.5 Å². The van der Waals surface area contributed by atoms with Gasteiger partial charge in [-0.25, -0.2) is 0 Å². The minimum Gasteiger partial charge on any atom is -0.354 e. The number of aromatic amines is 1. The number of H-pyrrole nitrogens is 1. The van der Waals surface area contributed by atoms with Gasteiger partial charge in [-0.05, 0) is 49.1 Å². The maximum absolute atomic E-state index is 12.8. The molecule has 0 spiro atoms. The highest BCUT2D eigenvalue weighted by Crippen LogP contribution is 2.45. The number of rotatable bonds is 1. The number of Topliss-reactive ketones (excluding diaryl/α,β-unsaturated/α-hetero) is 1. The number of amides is 1. The topological polar surface area (TPSA) is 79.8 Å². The fourth-order valence-corrected chi connectivity index (χ4v) is 4.91. The molecule has 2 N–H and O–H groups in total. The van der Waals surface area contributed by atoms with Crippen LogP contribution in [0.25, 0.3) is 32.9 Å². The fraction of sp³-hybridized carbons (Fsp3) is 0.227. The Bertz CT molecular complexity index is 1370. The van der Waals surface area contributed by atoms with Crippen LogP contribution in [0.2, 0.25) is 0 Å². The summed E-state index contributed by atoms with van der Waals surface area (Å²) in [6, 6.07) is 5.77. The third kappa shape index (κ3) is 1.84. The molecule has 0 radical (unpaired) electrons. The van der Waals surface area contributed by atoms with E-state index in [0.29, 0.717) is 12.1 Å². The van der Waals surface area contributed by atoms with E-state index in [0.717, 1.165) is 62.6 Å². The molecule has 2 aliphatic rings. The summed E-state index contributed by atoms with van der Waals surface area (Å²) in [6.07, 6.45) is 3.71. The molecule has 2 aromatic carbocycles. The molecule has 28 heavy (non-hydrogen) atoms. The van der Waals surface area contributed by atoms with E-state index in [9.17, 15) is 9.59 Å². The lowest BCUT2D eigenvalue weighted by Gasteiger charge is -2.19. The van der Waals surface area contributed by atoms with Crippen LogP contribution in [0.15, 0.2) is 24.4 Å². The highest BCUT2D eigenvalue weighted by Gasteiger charge is 2.34. The normalized spacial score (nSPS) is 14.9. The summed E-state index contributed by atoms with van der Waals surface area (Å²) in [4.78, 5) is 28.3. The molecular weight excluding hydrogens is 352 g/mol. The zero-order valence-corrected chi connectivity index (χ0v) is 15.6. The Kier molecular flexibility index (Phi) is 2.85. The minimum atomic E-state index is -0.0260. The Morgan fingerprint density at radius 2 is 2.04 bits per heavy atom. The van der Waals surface area contributed by atoms with Crippen LogP contribution in [0.3, 0.4) is 0 Å². The molecule has 6 heteroatoms. The first kappa shape index (κ1) is 15.6. The second-order valence-corrected chi connectivity index (χ2v) is 7.74. The number of nitrogens with zero attached hydrogens (tertiary/aromatic N) is 2. The molecule has 2 aromatic heterocycles. The lowest BCUT2D eigenvalue weighted by atomic mass is 9.83. The van der Waals surface area contributed by atoms with Crippen molar-refractivity contribution in [3.8, 4) is 11.1 Å². The molecule has 0 bridgehead atoms. The SMILES string of the molecule is CC(=O)c1ccc2[nH]c3c4c(c5c(c3c2c1)CNC5=O)-c1cn(C)nc1CC4. The second-order valence-electron chi connectivity index (χ2n) is 7.74. The first-order valence-electron chi connectivity index (χ1n) is 9.48. The Hall–Kier alpha value is -3.41. The maximum Gasteiger partial charge on any atom is 0.252 e. The molecule has 1 aliphatic heterocycles. The van der Waals surface area contributed by atoms with Gasteiger partial charge >= 0.3 is 0 Å². The molecule has 0 saturated heterocycles. The van der Waals surface area contributed by atoms with Gasteiger partial charge in [-0.3, -0.25) is 14.3 Å². The number of ketones is 1. The first-order valence-corrected chi connectivity index (χ1v) is 9.48. The standard InChI is InChI=1S/C22H18N4O2/c1-10(27)11-3-5-16-13(7-11)19-14-8-23-22(28)20(14)18-12(21(19)24-16)4-6-17-15(18)9-26(2)25-17/h3,5,7,9,24H,4,6,8H2,1-2H3,(H,23,28). The average molecular weight is 370 g/mol. The van der Waals surface area contributed by atoms with E-state index in [2.05, 4.69) is 15.4 Å². The van der Waals surface area contributed by atoms with Gasteiger partial charge < -0.3 is 10.3 Å². The Morgan fingerprint density at radius 3 is 2.86 bits per heavy atom. The molecule has 0 atom stereocenters. The van der Waals surface area contributed by atoms with Crippen LogP contribution in [0.4, 0.5) is 0 Å². The van der Waals surface area contributed by atoms with E-state index in [4.69, 9.17) is 0 Å². The molecular formula is C22H18N4O2. The van der Waals surface area contributed by atoms with Crippen LogP contribution in [-0.2, 0) is 26.4 Å². The summed E-state index contributed by atoms with van der Waals surface area (Å²) < 4.78 is 1.83. The smallest absolute Gasteiger partial charge is 0.252 e. The maximum atomic E-state index is 12.8. The zero-order chi connectivity index (χ0) is 19.2. The molecule has 1 amide bonds. The summed E-state index contributed by atoms with van der Waals surface area (Å²) in [5.74, 6) is 0.0157. The average Bonchev–Trinajstić information content (AvgIpc) is 3.34. The van der Waals surface area contributed by atoms with E-state index in [1.165, 1.54) is 5.56 Å². The predicted octanol–water partition coefficient (Wildman–Crippen LogP) is 3.27. The van der Waals surface area contributed by atoms with Gasteiger partial charge in [0.05, 0.1) is 16.8 Å². The van der Waals surface area contributed by atoms with Gasteiger partial charge in [0.15, 0.2) is 5.78 Å². The van der Waals surface area contributed by atoms with E-state index >= 15 is 0 Å². The highest BCUT2D eigenvalue weighted by molar-refractivity contribution is 6.19. The van der Waals surface area contributed by atoms with Crippen molar-refractivity contribution in [2.75, 3.05) is 0 Å². The van der Waals surface area contributed by atoms with Crippen LogP contribution in [0.5, 0.6) is 0 Å². The van der Waals surface area contributed by atoms with E-state index in [1.807, 2.05) is 36.1 Å². The van der Waals surface area contributed by atoms with Gasteiger partial charge in [0.1, 0.15) is 0 Å². The number of carbonyl (C=O) groups is 2. The van der Waals surface area contributed by atoms with Gasteiger partial charge in [0.2, 0.25) is 0 Å². The fourth-order valence-electron chi connectivity index (χ4n) is 4.91. The molecule has 138 valence electrons. The van der Waals surface area contributed by atoms with Crippen molar-refractivity contribution in [3.05, 3.63) is 52.3 Å². The van der Waals surface area contributed by atoms with Gasteiger partial charge in [0, 0.05) is 52.8 Å². The van der Waals surface area contributed by atoms with Crippen molar-refractivity contribution < 1.29 is 9.59 Å². The third-order valence-corrected chi connectivity index (χ3v) is 6.10. The molecule has 3 heterocycles. The first-order chi connectivity index (χ1) is 13.5. The van der Waals surface area contributed by atoms with Gasteiger partial charge in [-0.2, -0.15) is 5.10 Å². The molecule has 0 saturated carbocycles. The van der Waals surface area contributed by atoms with Crippen LogP contribution in [-0.4, -0.2) is 26.5 Å². The van der Waals surface area contributed by atoms with E-state index < -0.39 is 0 Å². The van der Waals surface area contributed by atoms with Crippen molar-refractivity contribution in [3.63, 3.8) is 0 Å². The number of aromatic nitrogens is 3. The number of hydrogen-bond acceptors (Lipinski definition) is 3. The number of nitrogens with one attached hydrogen (secondary N) is 2. The van der Waals surface area contributed by atoms with Gasteiger partial charge in [-0.15, -0.1) is 0 Å². The Balaban J connectivity index is 1.81. The molecule has 6 rings (SSSR count). The summed E-state index contributed by atoms with van der Waals surface area (Å²) in [5.41, 5.74) is 8.84. The van der Waals surface area contributed by atoms with Crippen molar-refractivity contribution in [2.45, 2.75) is 26.3 Å². The third-order valence-electron chi connectivity index (χ3n) is 6.10. The van der Waals surface area contributed by atoms with Crippen molar-refractivity contribution >= 4 is 33.5 Å². The number of fused-ring (bicyclic) bond motifs is 10. The largest absolute Gasteiger partial charge is 0.354 e. The second kappa shape index (κ2) is 5.10. The van der Waals surface area contributed by atoms with Crippen molar-refractivity contribution in [1.82, 2.24) is 20.1 Å². The van der Waals surface area contributed by atoms with E-state index in [-0.39, 0.29) is 11.7 Å². The monoisotopic (exact) mass is 370 g/mol. The number of carbonyl (C=O) groups excluding carboxylic acids is 2. The Labute approximate surface area is 160 Å². The summed E-state index contributed by atoms with van der Waals surface area (Å²) in [7, 11) is 1.92. The minimum absolute atomic E-state index is 0.0260. The quantitative estimate of drug-likeness (QED) is 0.505. The molecule has 4 aromatic rings. The molecule has 0 unspecified atom stereocenters. The van der Waals surface area contributed by atoms with E-state index in [1.54, 1.807) is 6.92 Å². The number of aryl methyl sites for hydroxylation is 3. The summed E-state index contributed by atoms with van der Waals surface area (Å²) >= 11 is 0. The van der Waals surface area contributed by atoms with Crippen LogP contribution < -0.4 is 5.32 Å². The molecule has 0 fully saturated rings. The lowest BCUT2D eigenvalue weighted by Crippen LogP contribution is -2.15.